The van der Waals surface area contributed by atoms with Gasteiger partial charge in [0.25, 0.3) is 0 Å². The van der Waals surface area contributed by atoms with Crippen molar-refractivity contribution in [1.82, 2.24) is 10.6 Å². The maximum atomic E-state index is 8.97. The maximum Gasteiger partial charge on any atom is 0.0607 e. The zero-order chi connectivity index (χ0) is 11.0. The first-order chi connectivity index (χ1) is 6.55. The first kappa shape index (κ1) is 21.7. The topological polar surface area (TPSA) is 64.5 Å². The summed E-state index contributed by atoms with van der Waals surface area (Å²) in [5, 5.41) is 24.3. The summed E-state index contributed by atoms with van der Waals surface area (Å²) in [5.41, 5.74) is -0.220. The Kier molecular flexibility index (Phi) is 16.1. The summed E-state index contributed by atoms with van der Waals surface area (Å²) in [5.74, 6) is 0. The van der Waals surface area contributed by atoms with Crippen LogP contribution in [0, 0.1) is 0 Å². The van der Waals surface area contributed by atoms with E-state index in [4.69, 9.17) is 10.2 Å². The van der Waals surface area contributed by atoms with Gasteiger partial charge in [-0.05, 0) is 20.3 Å². The van der Waals surface area contributed by atoms with E-state index in [1.54, 1.807) is 0 Å². The van der Waals surface area contributed by atoms with Gasteiger partial charge in [0.05, 0.1) is 13.2 Å². The fourth-order valence-electron chi connectivity index (χ4n) is 1.07. The van der Waals surface area contributed by atoms with E-state index in [-0.39, 0.29) is 49.6 Å². The van der Waals surface area contributed by atoms with Crippen molar-refractivity contribution in [3.05, 3.63) is 0 Å². The van der Waals surface area contributed by atoms with E-state index >= 15 is 0 Å². The Morgan fingerprint density at radius 3 is 2.06 bits per heavy atom. The normalized spacial score (nSPS) is 12.6. The Hall–Kier alpha value is 0.420. The summed E-state index contributed by atoms with van der Waals surface area (Å²) in [4.78, 5) is 0. The van der Waals surface area contributed by atoms with E-state index < -0.39 is 0 Å². The monoisotopic (exact) mass is 276 g/mol. The summed E-state index contributed by atoms with van der Waals surface area (Å²) < 4.78 is 0. The highest BCUT2D eigenvalue weighted by atomic mass is 35.5. The van der Waals surface area contributed by atoms with Crippen LogP contribution in [0.1, 0.15) is 27.2 Å². The predicted octanol–water partition coefficient (Wildman–Crippen LogP) is 0.551. The molecule has 0 fully saturated rings. The Morgan fingerprint density at radius 1 is 1.12 bits per heavy atom. The highest BCUT2D eigenvalue weighted by Gasteiger charge is 2.14. The smallest absolute Gasteiger partial charge is 0.0607 e. The average molecular weight is 277 g/mol. The van der Waals surface area contributed by atoms with Crippen LogP contribution in [0.15, 0.2) is 0 Å². The first-order valence-electron chi connectivity index (χ1n) is 5.26. The molecular formula is C10H26Cl2N2O2. The van der Waals surface area contributed by atoms with Crippen LogP contribution in [0.25, 0.3) is 0 Å². The lowest BCUT2D eigenvalue weighted by atomic mass is 10.1. The second-order valence-corrected chi connectivity index (χ2v) is 4.21. The van der Waals surface area contributed by atoms with Crippen molar-refractivity contribution in [1.29, 1.82) is 0 Å². The van der Waals surface area contributed by atoms with Gasteiger partial charge in [-0.2, -0.15) is 0 Å². The van der Waals surface area contributed by atoms with Crippen molar-refractivity contribution >= 4 is 24.8 Å². The van der Waals surface area contributed by atoms with Gasteiger partial charge in [0.15, 0.2) is 0 Å². The molecule has 0 bridgehead atoms. The predicted molar refractivity (Wildman–Crippen MR) is 72.8 cm³/mol. The summed E-state index contributed by atoms with van der Waals surface area (Å²) >= 11 is 0. The van der Waals surface area contributed by atoms with Crippen LogP contribution in [0.2, 0.25) is 0 Å². The molecular weight excluding hydrogens is 251 g/mol. The first-order valence-corrected chi connectivity index (χ1v) is 5.26. The number of aliphatic hydroxyl groups is 2. The summed E-state index contributed by atoms with van der Waals surface area (Å²) in [7, 11) is 0. The molecule has 0 aromatic heterocycles. The SMILES string of the molecule is CC[C@@H](CO)NCCNC(C)(C)CO.Cl.Cl. The van der Waals surface area contributed by atoms with Gasteiger partial charge in [0.1, 0.15) is 0 Å². The quantitative estimate of drug-likeness (QED) is 0.489. The van der Waals surface area contributed by atoms with Crippen molar-refractivity contribution in [2.24, 2.45) is 0 Å². The van der Waals surface area contributed by atoms with Gasteiger partial charge < -0.3 is 20.8 Å². The molecule has 0 aliphatic carbocycles. The minimum atomic E-state index is -0.220. The second kappa shape index (κ2) is 11.9. The number of hydrogen-bond donors (Lipinski definition) is 4. The lowest BCUT2D eigenvalue weighted by Gasteiger charge is -2.24. The fraction of sp³-hybridized carbons (Fsp3) is 1.00. The highest BCUT2D eigenvalue weighted by Crippen LogP contribution is 1.97. The minimum Gasteiger partial charge on any atom is -0.395 e. The number of hydrogen-bond acceptors (Lipinski definition) is 4. The molecule has 0 radical (unpaired) electrons. The summed E-state index contributed by atoms with van der Waals surface area (Å²) in [6.45, 7) is 7.86. The van der Waals surface area contributed by atoms with Crippen molar-refractivity contribution < 1.29 is 10.2 Å². The molecule has 0 aromatic rings. The molecule has 102 valence electrons. The van der Waals surface area contributed by atoms with Gasteiger partial charge in [-0.1, -0.05) is 6.92 Å². The molecule has 4 N–H and O–H groups in total. The Morgan fingerprint density at radius 2 is 1.69 bits per heavy atom. The molecule has 0 saturated heterocycles. The van der Waals surface area contributed by atoms with Crippen LogP contribution in [0.4, 0.5) is 0 Å². The number of rotatable bonds is 8. The maximum absolute atomic E-state index is 8.97. The van der Waals surface area contributed by atoms with Crippen LogP contribution < -0.4 is 10.6 Å². The van der Waals surface area contributed by atoms with Crippen LogP contribution >= 0.6 is 24.8 Å². The molecule has 16 heavy (non-hydrogen) atoms. The second-order valence-electron chi connectivity index (χ2n) is 4.21. The number of halogens is 2. The third-order valence-corrected chi connectivity index (χ3v) is 2.27. The molecule has 1 atom stereocenters. The zero-order valence-electron chi connectivity index (χ0n) is 10.3. The zero-order valence-corrected chi connectivity index (χ0v) is 12.0. The molecule has 0 aliphatic heterocycles. The van der Waals surface area contributed by atoms with Crippen molar-refractivity contribution in [3.8, 4) is 0 Å². The van der Waals surface area contributed by atoms with Crippen LogP contribution in [0.3, 0.4) is 0 Å². The lowest BCUT2D eigenvalue weighted by molar-refractivity contribution is 0.187. The molecule has 0 spiro atoms. The molecule has 0 aliphatic rings. The van der Waals surface area contributed by atoms with E-state index in [9.17, 15) is 0 Å². The van der Waals surface area contributed by atoms with Gasteiger partial charge >= 0.3 is 0 Å². The van der Waals surface area contributed by atoms with Crippen molar-refractivity contribution in [2.45, 2.75) is 38.8 Å². The van der Waals surface area contributed by atoms with E-state index in [0.29, 0.717) is 0 Å². The molecule has 0 aromatic carbocycles. The Bertz CT molecular complexity index is 145. The number of nitrogens with one attached hydrogen (secondary N) is 2. The molecule has 0 rings (SSSR count). The Labute approximate surface area is 111 Å². The molecule has 6 heteroatoms. The van der Waals surface area contributed by atoms with Gasteiger partial charge in [-0.3, -0.25) is 0 Å². The molecule has 0 saturated carbocycles. The Balaban J connectivity index is -0.000000845. The summed E-state index contributed by atoms with van der Waals surface area (Å²) in [6, 6.07) is 0.189. The van der Waals surface area contributed by atoms with Crippen LogP contribution in [-0.2, 0) is 0 Å². The number of aliphatic hydroxyl groups excluding tert-OH is 2. The van der Waals surface area contributed by atoms with E-state index in [2.05, 4.69) is 10.6 Å². The van der Waals surface area contributed by atoms with E-state index in [1.165, 1.54) is 0 Å². The van der Waals surface area contributed by atoms with Gasteiger partial charge in [0, 0.05) is 24.7 Å². The summed E-state index contributed by atoms with van der Waals surface area (Å²) in [6.07, 6.45) is 0.930. The van der Waals surface area contributed by atoms with Crippen LogP contribution in [0.5, 0.6) is 0 Å². The highest BCUT2D eigenvalue weighted by molar-refractivity contribution is 5.85. The van der Waals surface area contributed by atoms with Crippen molar-refractivity contribution in [2.75, 3.05) is 26.3 Å². The van der Waals surface area contributed by atoms with E-state index in [1.807, 2.05) is 20.8 Å². The minimum absolute atomic E-state index is 0. The fourth-order valence-corrected chi connectivity index (χ4v) is 1.07. The van der Waals surface area contributed by atoms with Crippen molar-refractivity contribution in [3.63, 3.8) is 0 Å². The molecule has 0 heterocycles. The largest absolute Gasteiger partial charge is 0.395 e. The van der Waals surface area contributed by atoms with Gasteiger partial charge in [-0.15, -0.1) is 24.8 Å². The molecule has 0 amide bonds. The standard InChI is InChI=1S/C10H24N2O2.2ClH/c1-4-9(7-13)11-5-6-12-10(2,3)8-14;;/h9,11-14H,4-8H2,1-3H3;2*1H/t9-;;/m0../s1. The molecule has 4 nitrogen and oxygen atoms in total. The van der Waals surface area contributed by atoms with E-state index in [0.717, 1.165) is 19.5 Å². The van der Waals surface area contributed by atoms with Crippen LogP contribution in [-0.4, -0.2) is 48.1 Å². The average Bonchev–Trinajstić information content (AvgIpc) is 2.18. The third kappa shape index (κ3) is 10.9. The lowest BCUT2D eigenvalue weighted by Crippen LogP contribution is -2.46. The van der Waals surface area contributed by atoms with Gasteiger partial charge in [-0.25, -0.2) is 0 Å². The third-order valence-electron chi connectivity index (χ3n) is 2.27. The van der Waals surface area contributed by atoms with Gasteiger partial charge in [0.2, 0.25) is 0 Å². The molecule has 0 unspecified atom stereocenters.